The fourth-order valence-electron chi connectivity index (χ4n) is 4.76. The van der Waals surface area contributed by atoms with Gasteiger partial charge >= 0.3 is 0 Å². The van der Waals surface area contributed by atoms with E-state index in [4.69, 9.17) is 9.47 Å². The Hall–Kier alpha value is -2.95. The lowest BCUT2D eigenvalue weighted by Gasteiger charge is -2.49. The van der Waals surface area contributed by atoms with Gasteiger partial charge in [0.2, 0.25) is 5.91 Å². The molecule has 1 fully saturated rings. The molecule has 4 rings (SSSR count). The molecule has 0 saturated carbocycles. The lowest BCUT2D eigenvalue weighted by Crippen LogP contribution is -2.68. The molecule has 1 atom stereocenters. The molecule has 2 aliphatic heterocycles. The van der Waals surface area contributed by atoms with Crippen LogP contribution >= 0.6 is 0 Å². The first-order chi connectivity index (χ1) is 14.9. The number of carbonyl (C=O) groups excluding carboxylic acids is 1. The van der Waals surface area contributed by atoms with Gasteiger partial charge in [0.1, 0.15) is 5.66 Å². The average Bonchev–Trinajstić information content (AvgIpc) is 2.96. The fourth-order valence-corrected chi connectivity index (χ4v) is 4.76. The molecule has 5 nitrogen and oxygen atoms in total. The van der Waals surface area contributed by atoms with E-state index in [2.05, 4.69) is 67.4 Å². The lowest BCUT2D eigenvalue weighted by molar-refractivity contribution is -0.124. The summed E-state index contributed by atoms with van der Waals surface area (Å²) >= 11 is 0. The third kappa shape index (κ3) is 3.56. The van der Waals surface area contributed by atoms with Crippen molar-refractivity contribution in [2.24, 2.45) is 0 Å². The molecule has 2 aliphatic rings. The van der Waals surface area contributed by atoms with Crippen LogP contribution in [0.5, 0.6) is 11.5 Å². The summed E-state index contributed by atoms with van der Waals surface area (Å²) in [6.45, 7) is 10.4. The lowest BCUT2D eigenvalue weighted by atomic mass is 9.74. The molecule has 1 N–H and O–H groups in total. The second-order valence-electron chi connectivity index (χ2n) is 8.68. The van der Waals surface area contributed by atoms with Crippen LogP contribution in [0.3, 0.4) is 0 Å². The second kappa shape index (κ2) is 8.29. The van der Waals surface area contributed by atoms with E-state index in [0.717, 1.165) is 23.5 Å². The van der Waals surface area contributed by atoms with Crippen molar-refractivity contribution in [2.75, 3.05) is 24.7 Å². The number of anilines is 1. The summed E-state index contributed by atoms with van der Waals surface area (Å²) in [4.78, 5) is 14.9. The molecule has 2 aromatic carbocycles. The Bertz CT molecular complexity index is 998. The molecule has 31 heavy (non-hydrogen) atoms. The van der Waals surface area contributed by atoms with Gasteiger partial charge in [0.15, 0.2) is 11.5 Å². The van der Waals surface area contributed by atoms with E-state index in [9.17, 15) is 4.79 Å². The highest BCUT2D eigenvalue weighted by molar-refractivity contribution is 5.84. The van der Waals surface area contributed by atoms with E-state index in [1.54, 1.807) is 0 Å². The molecular formula is C26H32N2O3. The maximum Gasteiger partial charge on any atom is 0.223 e. The molecule has 0 spiro atoms. The minimum Gasteiger partial charge on any atom is -0.490 e. The zero-order valence-corrected chi connectivity index (χ0v) is 18.9. The first-order valence-electron chi connectivity index (χ1n) is 11.2. The third-order valence-corrected chi connectivity index (χ3v) is 6.39. The Balaban J connectivity index is 1.73. The van der Waals surface area contributed by atoms with Crippen molar-refractivity contribution >= 4 is 17.7 Å². The fraction of sp³-hybridized carbons (Fsp3) is 0.423. The minimum atomic E-state index is -0.616. The van der Waals surface area contributed by atoms with Crippen molar-refractivity contribution in [1.82, 2.24) is 5.32 Å². The summed E-state index contributed by atoms with van der Waals surface area (Å²) in [5.41, 5.74) is 2.54. The summed E-state index contributed by atoms with van der Waals surface area (Å²) in [5, 5.41) is 3.32. The zero-order valence-electron chi connectivity index (χ0n) is 18.9. The summed E-state index contributed by atoms with van der Waals surface area (Å²) in [5.74, 6) is 1.59. The van der Waals surface area contributed by atoms with Gasteiger partial charge in [0, 0.05) is 24.1 Å². The number of nitrogens with zero attached hydrogens (tertiary/aromatic N) is 1. The maximum atomic E-state index is 12.5. The van der Waals surface area contributed by atoms with E-state index in [1.165, 1.54) is 11.3 Å². The highest BCUT2D eigenvalue weighted by atomic mass is 16.5. The number of fused-ring (bicyclic) bond motifs is 3. The van der Waals surface area contributed by atoms with Gasteiger partial charge in [-0.15, -0.1) is 0 Å². The SMILES string of the molecule is CCCOc1ccc(C=C[C@]23NC(=O)CCN2c2ccccc2C3(C)C)cc1OCC. The van der Waals surface area contributed by atoms with Crippen LogP contribution in [-0.4, -0.2) is 31.3 Å². The van der Waals surface area contributed by atoms with Crippen molar-refractivity contribution in [3.8, 4) is 11.5 Å². The van der Waals surface area contributed by atoms with Gasteiger partial charge in [-0.3, -0.25) is 4.79 Å². The molecule has 2 aromatic rings. The van der Waals surface area contributed by atoms with Gasteiger partial charge in [-0.05, 0) is 48.7 Å². The normalized spacial score (nSPS) is 21.5. The number of para-hydroxylation sites is 1. The van der Waals surface area contributed by atoms with Crippen LogP contribution in [-0.2, 0) is 10.2 Å². The monoisotopic (exact) mass is 420 g/mol. The quantitative estimate of drug-likeness (QED) is 0.692. The van der Waals surface area contributed by atoms with Crippen LogP contribution in [0.15, 0.2) is 48.5 Å². The number of rotatable bonds is 7. The highest BCUT2D eigenvalue weighted by Gasteiger charge is 2.57. The van der Waals surface area contributed by atoms with Crippen molar-refractivity contribution in [2.45, 2.75) is 51.6 Å². The highest BCUT2D eigenvalue weighted by Crippen LogP contribution is 2.52. The molecule has 164 valence electrons. The largest absolute Gasteiger partial charge is 0.490 e. The van der Waals surface area contributed by atoms with Gasteiger partial charge in [-0.25, -0.2) is 0 Å². The van der Waals surface area contributed by atoms with Crippen LogP contribution < -0.4 is 19.7 Å². The van der Waals surface area contributed by atoms with Crippen LogP contribution in [0.2, 0.25) is 0 Å². The number of nitrogens with one attached hydrogen (secondary N) is 1. The summed E-state index contributed by atoms with van der Waals surface area (Å²) in [6.07, 6.45) is 5.67. The number of hydrogen-bond acceptors (Lipinski definition) is 4. The van der Waals surface area contributed by atoms with Crippen LogP contribution in [0.25, 0.3) is 6.08 Å². The Labute approximate surface area is 185 Å². The maximum absolute atomic E-state index is 12.5. The van der Waals surface area contributed by atoms with Crippen LogP contribution in [0.1, 0.15) is 51.7 Å². The number of hydrogen-bond donors (Lipinski definition) is 1. The molecule has 0 radical (unpaired) electrons. The van der Waals surface area contributed by atoms with E-state index >= 15 is 0 Å². The minimum absolute atomic E-state index is 0.0834. The summed E-state index contributed by atoms with van der Waals surface area (Å²) in [7, 11) is 0. The van der Waals surface area contributed by atoms with Crippen LogP contribution in [0, 0.1) is 0 Å². The molecule has 5 heteroatoms. The first kappa shape index (κ1) is 21.3. The molecule has 0 aliphatic carbocycles. The Morgan fingerprint density at radius 1 is 1.10 bits per heavy atom. The third-order valence-electron chi connectivity index (χ3n) is 6.39. The van der Waals surface area contributed by atoms with Crippen molar-refractivity contribution in [1.29, 1.82) is 0 Å². The summed E-state index contributed by atoms with van der Waals surface area (Å²) < 4.78 is 11.7. The molecule has 0 aromatic heterocycles. The molecule has 0 bridgehead atoms. The number of carbonyl (C=O) groups is 1. The van der Waals surface area contributed by atoms with Crippen molar-refractivity contribution in [3.05, 3.63) is 59.7 Å². The van der Waals surface area contributed by atoms with E-state index in [1.807, 2.05) is 25.1 Å². The van der Waals surface area contributed by atoms with Gasteiger partial charge in [0.05, 0.1) is 13.2 Å². The molecule has 1 saturated heterocycles. The number of benzene rings is 2. The van der Waals surface area contributed by atoms with E-state index in [0.29, 0.717) is 26.2 Å². The van der Waals surface area contributed by atoms with Crippen molar-refractivity contribution < 1.29 is 14.3 Å². The predicted octanol–water partition coefficient (Wildman–Crippen LogP) is 4.90. The predicted molar refractivity (Wildman–Crippen MR) is 125 cm³/mol. The Morgan fingerprint density at radius 2 is 1.90 bits per heavy atom. The van der Waals surface area contributed by atoms with Crippen molar-refractivity contribution in [3.63, 3.8) is 0 Å². The second-order valence-corrected chi connectivity index (χ2v) is 8.68. The van der Waals surface area contributed by atoms with Crippen LogP contribution in [0.4, 0.5) is 5.69 Å². The molecule has 2 heterocycles. The molecule has 1 amide bonds. The average molecular weight is 421 g/mol. The summed E-state index contributed by atoms with van der Waals surface area (Å²) in [6, 6.07) is 14.5. The Morgan fingerprint density at radius 3 is 2.68 bits per heavy atom. The van der Waals surface area contributed by atoms with E-state index < -0.39 is 5.66 Å². The first-order valence-corrected chi connectivity index (χ1v) is 11.2. The number of amides is 1. The van der Waals surface area contributed by atoms with Gasteiger partial charge in [-0.1, -0.05) is 51.1 Å². The zero-order chi connectivity index (χ0) is 22.1. The Kier molecular flexibility index (Phi) is 5.69. The smallest absolute Gasteiger partial charge is 0.223 e. The topological polar surface area (TPSA) is 50.8 Å². The van der Waals surface area contributed by atoms with Gasteiger partial charge in [0.25, 0.3) is 0 Å². The standard InChI is InChI=1S/C26H32N2O3/c1-5-17-31-22-12-11-19(18-23(22)30-6-2)13-15-26-25(3,4)20-9-7-8-10-21(20)28(26)16-14-24(29)27-26/h7-13,15,18H,5-6,14,16-17H2,1-4H3,(H,27,29)/t26-/m0/s1. The molecular weight excluding hydrogens is 388 g/mol. The van der Waals surface area contributed by atoms with Gasteiger partial charge < -0.3 is 19.7 Å². The molecule has 0 unspecified atom stereocenters. The van der Waals surface area contributed by atoms with E-state index in [-0.39, 0.29) is 11.3 Å². The number of ether oxygens (including phenoxy) is 2. The van der Waals surface area contributed by atoms with Gasteiger partial charge in [-0.2, -0.15) is 0 Å².